The zero-order valence-electron chi connectivity index (χ0n) is 8.58. The molecule has 1 N–H and O–H groups in total. The molecule has 0 saturated heterocycles. The molecule has 2 aromatic heterocycles. The Bertz CT molecular complexity index is 486. The Morgan fingerprint density at radius 2 is 2.25 bits per heavy atom. The highest BCUT2D eigenvalue weighted by Gasteiger charge is 2.08. The highest BCUT2D eigenvalue weighted by Crippen LogP contribution is 2.28. The first-order chi connectivity index (χ1) is 7.65. The van der Waals surface area contributed by atoms with Crippen molar-refractivity contribution in [3.8, 4) is 0 Å². The van der Waals surface area contributed by atoms with E-state index in [2.05, 4.69) is 10.3 Å². The molecule has 0 fully saturated rings. The number of aromatic nitrogens is 1. The molecule has 1 atom stereocenters. The lowest BCUT2D eigenvalue weighted by Gasteiger charge is -2.13. The number of nitrogens with one attached hydrogen (secondary N) is 1. The molecule has 0 bridgehead atoms. The molecule has 5 heteroatoms. The minimum Gasteiger partial charge on any atom is -0.378 e. The van der Waals surface area contributed by atoms with Gasteiger partial charge in [-0.1, -0.05) is 11.6 Å². The Labute approximate surface area is 102 Å². The number of hydrogen-bond acceptors (Lipinski definition) is 3. The largest absolute Gasteiger partial charge is 0.378 e. The summed E-state index contributed by atoms with van der Waals surface area (Å²) >= 11 is 7.37. The van der Waals surface area contributed by atoms with Gasteiger partial charge in [-0.2, -0.15) is 4.39 Å². The van der Waals surface area contributed by atoms with E-state index in [1.54, 1.807) is 6.07 Å². The molecule has 0 saturated carbocycles. The summed E-state index contributed by atoms with van der Waals surface area (Å²) in [6, 6.07) is 7.01. The van der Waals surface area contributed by atoms with Crippen LogP contribution in [0.25, 0.3) is 0 Å². The van der Waals surface area contributed by atoms with E-state index in [1.807, 2.05) is 19.1 Å². The van der Waals surface area contributed by atoms with Crippen molar-refractivity contribution in [2.75, 3.05) is 5.32 Å². The third-order valence-electron chi connectivity index (χ3n) is 2.13. The van der Waals surface area contributed by atoms with Crippen LogP contribution in [0.1, 0.15) is 17.8 Å². The van der Waals surface area contributed by atoms with Crippen LogP contribution in [-0.2, 0) is 0 Å². The Hall–Kier alpha value is -1.13. The molecule has 0 aliphatic rings. The van der Waals surface area contributed by atoms with E-state index in [0.29, 0.717) is 5.69 Å². The zero-order valence-corrected chi connectivity index (χ0v) is 10.1. The summed E-state index contributed by atoms with van der Waals surface area (Å²) in [6.07, 6.45) is 1.44. The fourth-order valence-electron chi connectivity index (χ4n) is 1.37. The number of halogens is 2. The predicted molar refractivity (Wildman–Crippen MR) is 65.6 cm³/mol. The summed E-state index contributed by atoms with van der Waals surface area (Å²) in [6.45, 7) is 2.00. The quantitative estimate of drug-likeness (QED) is 0.836. The van der Waals surface area contributed by atoms with Crippen LogP contribution in [0.4, 0.5) is 10.1 Å². The number of anilines is 1. The number of thiophene rings is 1. The van der Waals surface area contributed by atoms with Gasteiger partial charge in [0.15, 0.2) is 0 Å². The van der Waals surface area contributed by atoms with Crippen molar-refractivity contribution in [1.29, 1.82) is 0 Å². The molecule has 0 amide bonds. The average Bonchev–Trinajstić information content (AvgIpc) is 2.65. The van der Waals surface area contributed by atoms with E-state index in [1.165, 1.54) is 23.6 Å². The summed E-state index contributed by atoms with van der Waals surface area (Å²) < 4.78 is 13.6. The summed E-state index contributed by atoms with van der Waals surface area (Å²) in [5.74, 6) is -0.485. The topological polar surface area (TPSA) is 24.9 Å². The Kier molecular flexibility index (Phi) is 3.41. The van der Waals surface area contributed by atoms with Crippen LogP contribution in [0, 0.1) is 5.95 Å². The molecule has 2 heterocycles. The standard InChI is InChI=1S/C11H10ClFN2S/c1-7(9-2-3-10(12)16-9)15-8-4-5-14-11(13)6-8/h2-7H,1H3,(H,14,15). The third kappa shape index (κ3) is 2.71. The van der Waals surface area contributed by atoms with E-state index < -0.39 is 5.95 Å². The Morgan fingerprint density at radius 3 is 2.88 bits per heavy atom. The summed E-state index contributed by atoms with van der Waals surface area (Å²) in [7, 11) is 0. The molecule has 16 heavy (non-hydrogen) atoms. The Morgan fingerprint density at radius 1 is 1.44 bits per heavy atom. The van der Waals surface area contributed by atoms with Gasteiger partial charge in [-0.05, 0) is 25.1 Å². The predicted octanol–water partition coefficient (Wildman–Crippen LogP) is 4.11. The molecular formula is C11H10ClFN2S. The fraction of sp³-hybridized carbons (Fsp3) is 0.182. The van der Waals surface area contributed by atoms with Gasteiger partial charge >= 0.3 is 0 Å². The second-order valence-corrected chi connectivity index (χ2v) is 5.12. The molecule has 0 aliphatic heterocycles. The van der Waals surface area contributed by atoms with Crippen LogP contribution in [-0.4, -0.2) is 4.98 Å². The maximum atomic E-state index is 12.9. The SMILES string of the molecule is CC(Nc1ccnc(F)c1)c1ccc(Cl)s1. The average molecular weight is 257 g/mol. The van der Waals surface area contributed by atoms with Crippen LogP contribution in [0.15, 0.2) is 30.5 Å². The first-order valence-electron chi connectivity index (χ1n) is 4.78. The monoisotopic (exact) mass is 256 g/mol. The van der Waals surface area contributed by atoms with Gasteiger partial charge < -0.3 is 5.32 Å². The smallest absolute Gasteiger partial charge is 0.214 e. The van der Waals surface area contributed by atoms with Crippen LogP contribution >= 0.6 is 22.9 Å². The van der Waals surface area contributed by atoms with Crippen LogP contribution in [0.3, 0.4) is 0 Å². The van der Waals surface area contributed by atoms with Crippen molar-refractivity contribution >= 4 is 28.6 Å². The van der Waals surface area contributed by atoms with Crippen molar-refractivity contribution in [2.45, 2.75) is 13.0 Å². The van der Waals surface area contributed by atoms with E-state index in [9.17, 15) is 4.39 Å². The number of nitrogens with zero attached hydrogens (tertiary/aromatic N) is 1. The van der Waals surface area contributed by atoms with Crippen molar-refractivity contribution in [1.82, 2.24) is 4.98 Å². The fourth-order valence-corrected chi connectivity index (χ4v) is 2.44. The van der Waals surface area contributed by atoms with E-state index >= 15 is 0 Å². The molecule has 2 nitrogen and oxygen atoms in total. The van der Waals surface area contributed by atoms with Crippen LogP contribution in [0.5, 0.6) is 0 Å². The first kappa shape index (κ1) is 11.4. The van der Waals surface area contributed by atoms with Gasteiger partial charge in [-0.3, -0.25) is 0 Å². The van der Waals surface area contributed by atoms with Gasteiger partial charge in [-0.25, -0.2) is 4.98 Å². The Balaban J connectivity index is 2.10. The van der Waals surface area contributed by atoms with E-state index in [4.69, 9.17) is 11.6 Å². The minimum atomic E-state index is -0.485. The lowest BCUT2D eigenvalue weighted by atomic mass is 10.2. The first-order valence-corrected chi connectivity index (χ1v) is 5.98. The second-order valence-electron chi connectivity index (χ2n) is 3.38. The number of pyridine rings is 1. The maximum Gasteiger partial charge on any atom is 0.214 e. The summed E-state index contributed by atoms with van der Waals surface area (Å²) in [5.41, 5.74) is 0.713. The third-order valence-corrected chi connectivity index (χ3v) is 3.54. The van der Waals surface area contributed by atoms with Crippen molar-refractivity contribution in [3.63, 3.8) is 0 Å². The highest BCUT2D eigenvalue weighted by molar-refractivity contribution is 7.16. The van der Waals surface area contributed by atoms with Crippen molar-refractivity contribution in [3.05, 3.63) is 45.6 Å². The van der Waals surface area contributed by atoms with Gasteiger partial charge in [0, 0.05) is 22.8 Å². The molecule has 1 unspecified atom stereocenters. The lowest BCUT2D eigenvalue weighted by molar-refractivity contribution is 0.584. The zero-order chi connectivity index (χ0) is 11.5. The van der Waals surface area contributed by atoms with Gasteiger partial charge in [-0.15, -0.1) is 11.3 Å². The van der Waals surface area contributed by atoms with E-state index in [-0.39, 0.29) is 6.04 Å². The lowest BCUT2D eigenvalue weighted by Crippen LogP contribution is -2.05. The molecule has 0 radical (unpaired) electrons. The minimum absolute atomic E-state index is 0.0966. The maximum absolute atomic E-state index is 12.9. The molecule has 2 aromatic rings. The summed E-state index contributed by atoms with van der Waals surface area (Å²) in [4.78, 5) is 4.61. The summed E-state index contributed by atoms with van der Waals surface area (Å²) in [5, 5.41) is 3.18. The molecule has 0 aromatic carbocycles. The normalized spacial score (nSPS) is 12.4. The van der Waals surface area contributed by atoms with Gasteiger partial charge in [0.1, 0.15) is 0 Å². The number of rotatable bonds is 3. The molecular weight excluding hydrogens is 247 g/mol. The van der Waals surface area contributed by atoms with Crippen LogP contribution in [0.2, 0.25) is 4.34 Å². The van der Waals surface area contributed by atoms with Gasteiger partial charge in [0.25, 0.3) is 0 Å². The highest BCUT2D eigenvalue weighted by atomic mass is 35.5. The molecule has 2 rings (SSSR count). The van der Waals surface area contributed by atoms with Gasteiger partial charge in [0.2, 0.25) is 5.95 Å². The number of hydrogen-bond donors (Lipinski definition) is 1. The van der Waals surface area contributed by atoms with Crippen molar-refractivity contribution in [2.24, 2.45) is 0 Å². The molecule has 0 spiro atoms. The van der Waals surface area contributed by atoms with Gasteiger partial charge in [0.05, 0.1) is 10.4 Å². The van der Waals surface area contributed by atoms with Crippen LogP contribution < -0.4 is 5.32 Å². The second kappa shape index (κ2) is 4.80. The van der Waals surface area contributed by atoms with E-state index in [0.717, 1.165) is 9.21 Å². The molecule has 84 valence electrons. The molecule has 0 aliphatic carbocycles. The van der Waals surface area contributed by atoms with Crippen molar-refractivity contribution < 1.29 is 4.39 Å².